The van der Waals surface area contributed by atoms with Crippen molar-refractivity contribution < 1.29 is 23.8 Å². The van der Waals surface area contributed by atoms with Crippen molar-refractivity contribution in [2.24, 2.45) is 16.3 Å². The summed E-state index contributed by atoms with van der Waals surface area (Å²) in [4.78, 5) is 31.1. The molecule has 0 aromatic heterocycles. The first-order chi connectivity index (χ1) is 14.3. The van der Waals surface area contributed by atoms with Gasteiger partial charge < -0.3 is 14.2 Å². The molecule has 0 saturated carbocycles. The van der Waals surface area contributed by atoms with Crippen LogP contribution in [0.25, 0.3) is 0 Å². The van der Waals surface area contributed by atoms with Crippen LogP contribution in [0.1, 0.15) is 52.0 Å². The molecule has 30 heavy (non-hydrogen) atoms. The highest BCUT2D eigenvalue weighted by Crippen LogP contribution is 2.49. The highest BCUT2D eigenvalue weighted by atomic mass is 16.6. The van der Waals surface area contributed by atoms with Crippen LogP contribution in [0.4, 0.5) is 0 Å². The zero-order valence-electron chi connectivity index (χ0n) is 18.5. The van der Waals surface area contributed by atoms with Crippen molar-refractivity contribution in [1.29, 1.82) is 0 Å². The number of hydrogen-bond donors (Lipinski definition) is 0. The maximum absolute atomic E-state index is 13.3. The number of ether oxygens (including phenoxy) is 3. The van der Waals surface area contributed by atoms with E-state index in [2.05, 4.69) is 13.8 Å². The van der Waals surface area contributed by atoms with Gasteiger partial charge in [0.15, 0.2) is 5.78 Å². The number of benzene rings is 1. The Bertz CT molecular complexity index is 883. The summed E-state index contributed by atoms with van der Waals surface area (Å²) < 4.78 is 16.4. The number of ketones is 1. The summed E-state index contributed by atoms with van der Waals surface area (Å²) in [6, 6.07) is 7.54. The molecule has 1 aliphatic heterocycles. The second-order valence-electron chi connectivity index (χ2n) is 8.62. The van der Waals surface area contributed by atoms with Crippen molar-refractivity contribution in [3.05, 3.63) is 41.1 Å². The van der Waals surface area contributed by atoms with E-state index >= 15 is 0 Å². The highest BCUT2D eigenvalue weighted by molar-refractivity contribution is 6.09. The average Bonchev–Trinajstić information content (AvgIpc) is 2.69. The fraction of sp³-hybridized carbons (Fsp3) is 0.542. The van der Waals surface area contributed by atoms with Crippen molar-refractivity contribution in [2.45, 2.75) is 46.5 Å². The number of esters is 1. The van der Waals surface area contributed by atoms with Crippen LogP contribution in [0.3, 0.4) is 0 Å². The Morgan fingerprint density at radius 2 is 1.93 bits per heavy atom. The maximum Gasteiger partial charge on any atom is 0.315 e. The van der Waals surface area contributed by atoms with Gasteiger partial charge in [0.1, 0.15) is 18.3 Å². The van der Waals surface area contributed by atoms with E-state index in [9.17, 15) is 9.59 Å². The molecule has 2 aliphatic rings. The van der Waals surface area contributed by atoms with Crippen LogP contribution in [0.15, 0.2) is 40.5 Å². The SMILES string of the molecule is CCOCCOC(=O)C1C(C)=NC2=C(C(=O)CC(C)(C)C2)[C@@H]1c1ccccc1OC. The lowest BCUT2D eigenvalue weighted by Gasteiger charge is -2.39. The highest BCUT2D eigenvalue weighted by Gasteiger charge is 2.46. The first-order valence-corrected chi connectivity index (χ1v) is 10.5. The van der Waals surface area contributed by atoms with Gasteiger partial charge >= 0.3 is 5.97 Å². The van der Waals surface area contributed by atoms with Crippen LogP contribution in [-0.2, 0) is 19.1 Å². The molecular formula is C24H31NO5. The van der Waals surface area contributed by atoms with E-state index in [0.29, 0.717) is 43.1 Å². The summed E-state index contributed by atoms with van der Waals surface area (Å²) in [6.07, 6.45) is 1.13. The molecule has 2 atom stereocenters. The van der Waals surface area contributed by atoms with Gasteiger partial charge in [0.05, 0.1) is 13.7 Å². The van der Waals surface area contributed by atoms with Gasteiger partial charge in [-0.2, -0.15) is 0 Å². The third-order valence-electron chi connectivity index (χ3n) is 5.71. The monoisotopic (exact) mass is 413 g/mol. The second-order valence-corrected chi connectivity index (χ2v) is 8.62. The fourth-order valence-corrected chi connectivity index (χ4v) is 4.45. The summed E-state index contributed by atoms with van der Waals surface area (Å²) in [5.74, 6) is -0.853. The Hall–Kier alpha value is -2.47. The Balaban J connectivity index is 2.06. The molecule has 1 aliphatic carbocycles. The summed E-state index contributed by atoms with van der Waals surface area (Å²) in [6.45, 7) is 8.95. The molecule has 0 bridgehead atoms. The minimum atomic E-state index is -0.674. The van der Waals surface area contributed by atoms with E-state index in [1.54, 1.807) is 7.11 Å². The molecule has 162 valence electrons. The lowest BCUT2D eigenvalue weighted by Crippen LogP contribution is -2.39. The smallest absolute Gasteiger partial charge is 0.315 e. The molecule has 6 nitrogen and oxygen atoms in total. The normalized spacial score (nSPS) is 23.0. The third kappa shape index (κ3) is 4.48. The number of nitrogens with zero attached hydrogens (tertiary/aromatic N) is 1. The second kappa shape index (κ2) is 9.13. The van der Waals surface area contributed by atoms with Crippen molar-refractivity contribution in [3.8, 4) is 5.75 Å². The zero-order chi connectivity index (χ0) is 21.9. The summed E-state index contributed by atoms with van der Waals surface area (Å²) in [5.41, 5.74) is 2.72. The lowest BCUT2D eigenvalue weighted by molar-refractivity contribution is -0.148. The van der Waals surface area contributed by atoms with Gasteiger partial charge in [0, 0.05) is 41.5 Å². The molecule has 0 saturated heterocycles. The first-order valence-electron chi connectivity index (χ1n) is 10.5. The minimum absolute atomic E-state index is 0.0422. The molecule has 1 aromatic rings. The molecule has 1 heterocycles. The molecule has 6 heteroatoms. The van der Waals surface area contributed by atoms with Gasteiger partial charge in [-0.3, -0.25) is 14.6 Å². The van der Waals surface area contributed by atoms with Crippen LogP contribution >= 0.6 is 0 Å². The van der Waals surface area contributed by atoms with Crippen molar-refractivity contribution in [1.82, 2.24) is 0 Å². The summed E-state index contributed by atoms with van der Waals surface area (Å²) in [7, 11) is 1.60. The molecule has 0 spiro atoms. The first kappa shape index (κ1) is 22.2. The van der Waals surface area contributed by atoms with Gasteiger partial charge in [-0.1, -0.05) is 32.0 Å². The number of carbonyl (C=O) groups excluding carboxylic acids is 2. The van der Waals surface area contributed by atoms with Crippen molar-refractivity contribution >= 4 is 17.5 Å². The number of aliphatic imine (C=N–C) groups is 1. The van der Waals surface area contributed by atoms with Crippen LogP contribution in [-0.4, -0.2) is 44.4 Å². The minimum Gasteiger partial charge on any atom is -0.496 e. The lowest BCUT2D eigenvalue weighted by atomic mass is 9.66. The molecule has 1 unspecified atom stereocenters. The van der Waals surface area contributed by atoms with Crippen molar-refractivity contribution in [2.75, 3.05) is 26.9 Å². The van der Waals surface area contributed by atoms with E-state index in [4.69, 9.17) is 19.2 Å². The quantitative estimate of drug-likeness (QED) is 0.497. The number of allylic oxidation sites excluding steroid dienone is 2. The predicted octanol–water partition coefficient (Wildman–Crippen LogP) is 4.09. The number of para-hydroxylation sites is 1. The van der Waals surface area contributed by atoms with Crippen molar-refractivity contribution in [3.63, 3.8) is 0 Å². The number of hydrogen-bond acceptors (Lipinski definition) is 6. The Morgan fingerprint density at radius 1 is 1.20 bits per heavy atom. The van der Waals surface area contributed by atoms with Crippen LogP contribution < -0.4 is 4.74 Å². The van der Waals surface area contributed by atoms with Crippen LogP contribution in [0.2, 0.25) is 0 Å². The Labute approximate surface area is 178 Å². The van der Waals surface area contributed by atoms with E-state index in [-0.39, 0.29) is 17.8 Å². The van der Waals surface area contributed by atoms with Gasteiger partial charge in [-0.15, -0.1) is 0 Å². The fourth-order valence-electron chi connectivity index (χ4n) is 4.45. The van der Waals surface area contributed by atoms with Gasteiger partial charge in [-0.05, 0) is 31.7 Å². The van der Waals surface area contributed by atoms with E-state index in [1.165, 1.54) is 0 Å². The summed E-state index contributed by atoms with van der Waals surface area (Å²) in [5, 5.41) is 0. The summed E-state index contributed by atoms with van der Waals surface area (Å²) >= 11 is 0. The Morgan fingerprint density at radius 3 is 2.63 bits per heavy atom. The van der Waals surface area contributed by atoms with E-state index in [1.807, 2.05) is 38.1 Å². The van der Waals surface area contributed by atoms with Crippen LogP contribution in [0.5, 0.6) is 5.75 Å². The number of methoxy groups -OCH3 is 1. The standard InChI is InChI=1S/C24H31NO5/c1-6-29-11-12-30-23(27)20-15(2)25-17-13-24(3,4)14-18(26)22(17)21(20)16-9-7-8-10-19(16)28-5/h7-10,20-21H,6,11-14H2,1-5H3/t20?,21-/m1/s1. The van der Waals surface area contributed by atoms with E-state index in [0.717, 1.165) is 11.3 Å². The molecule has 1 aromatic carbocycles. The molecule has 0 radical (unpaired) electrons. The molecule has 0 N–H and O–H groups in total. The number of Topliss-reactive ketones (excluding diaryl/α,β-unsaturated/α-hetero) is 1. The van der Waals surface area contributed by atoms with E-state index < -0.39 is 17.8 Å². The molecule has 3 rings (SSSR count). The molecule has 0 fully saturated rings. The molecular weight excluding hydrogens is 382 g/mol. The molecule has 0 amide bonds. The predicted molar refractivity (Wildman–Crippen MR) is 115 cm³/mol. The zero-order valence-corrected chi connectivity index (χ0v) is 18.5. The Kier molecular flexibility index (Phi) is 6.76. The van der Waals surface area contributed by atoms with Gasteiger partial charge in [0.2, 0.25) is 0 Å². The topological polar surface area (TPSA) is 74.2 Å². The van der Waals surface area contributed by atoms with Gasteiger partial charge in [0.25, 0.3) is 0 Å². The average molecular weight is 414 g/mol. The van der Waals surface area contributed by atoms with Crippen LogP contribution in [0, 0.1) is 11.3 Å². The van der Waals surface area contributed by atoms with Gasteiger partial charge in [-0.25, -0.2) is 0 Å². The number of carbonyl (C=O) groups is 2. The number of rotatable bonds is 7. The largest absolute Gasteiger partial charge is 0.496 e. The third-order valence-corrected chi connectivity index (χ3v) is 5.71. The maximum atomic E-state index is 13.3.